The largest absolute Gasteiger partial charge is 0.444 e. The molecule has 3 heterocycles. The number of rotatable bonds is 7. The Bertz CT molecular complexity index is 1420. The molecule has 1 aromatic carbocycles. The zero-order valence-electron chi connectivity index (χ0n) is 20.9. The summed E-state index contributed by atoms with van der Waals surface area (Å²) in [5, 5.41) is 11.1. The molecule has 0 bridgehead atoms. The monoisotopic (exact) mass is 490 g/mol. The molecule has 0 aliphatic rings. The number of carbonyl (C=O) groups excluding carboxylic acids is 2. The minimum Gasteiger partial charge on any atom is -0.444 e. The fraction of sp³-hybridized carbons (Fsp3) is 0.320. The minimum absolute atomic E-state index is 0.0551. The standard InChI is InChI=1S/C25H30N8O3/c1-14(30-24(35)36-25(2,3)4)10-27-20-12-28-22(23(26)34)21(32-20)19-9-16-8-15(6-7-18(16)31-19)17-11-29-33(5)13-17/h6-9,11-14,31H,10H2,1-5H3,(H2,26,34)(H,27,32)(H,30,35)/t14-/m0/s1. The molecule has 188 valence electrons. The van der Waals surface area contributed by atoms with E-state index in [1.54, 1.807) is 31.6 Å². The van der Waals surface area contributed by atoms with Gasteiger partial charge in [-0.2, -0.15) is 5.10 Å². The lowest BCUT2D eigenvalue weighted by atomic mass is 10.1. The number of primary amides is 1. The molecular formula is C25H30N8O3. The average Bonchev–Trinajstić information content (AvgIpc) is 3.41. The third kappa shape index (κ3) is 5.80. The molecule has 0 radical (unpaired) electrons. The van der Waals surface area contributed by atoms with Crippen LogP contribution in [0.15, 0.2) is 42.9 Å². The Morgan fingerprint density at radius 2 is 1.97 bits per heavy atom. The molecule has 36 heavy (non-hydrogen) atoms. The quantitative estimate of drug-likeness (QED) is 0.309. The van der Waals surface area contributed by atoms with Crippen molar-refractivity contribution >= 4 is 28.7 Å². The Labute approximate surface area is 208 Å². The van der Waals surface area contributed by atoms with Gasteiger partial charge in [0.05, 0.1) is 18.1 Å². The second-order valence-electron chi connectivity index (χ2n) is 9.63. The van der Waals surface area contributed by atoms with E-state index in [2.05, 4.69) is 30.7 Å². The number of benzene rings is 1. The summed E-state index contributed by atoms with van der Waals surface area (Å²) in [4.78, 5) is 36.2. The SMILES string of the molecule is C[C@@H](CNc1cnc(C(N)=O)c(-c2cc3cc(-c4cnn(C)c4)ccc3[nH]2)n1)NC(=O)OC(C)(C)C. The van der Waals surface area contributed by atoms with Gasteiger partial charge in [0.2, 0.25) is 0 Å². The van der Waals surface area contributed by atoms with Gasteiger partial charge in [0.1, 0.15) is 17.1 Å². The van der Waals surface area contributed by atoms with Gasteiger partial charge in [-0.15, -0.1) is 0 Å². The highest BCUT2D eigenvalue weighted by Crippen LogP contribution is 2.29. The number of nitrogens with one attached hydrogen (secondary N) is 3. The topological polar surface area (TPSA) is 153 Å². The molecule has 1 atom stereocenters. The van der Waals surface area contributed by atoms with Crippen molar-refractivity contribution in [3.8, 4) is 22.5 Å². The fourth-order valence-corrected chi connectivity index (χ4v) is 3.67. The van der Waals surface area contributed by atoms with E-state index < -0.39 is 17.6 Å². The number of H-pyrrole nitrogens is 1. The highest BCUT2D eigenvalue weighted by molar-refractivity contribution is 5.98. The number of nitrogens with two attached hydrogens (primary N) is 1. The van der Waals surface area contributed by atoms with E-state index in [9.17, 15) is 9.59 Å². The van der Waals surface area contributed by atoms with Crippen molar-refractivity contribution in [3.05, 3.63) is 48.5 Å². The Kier molecular flexibility index (Phi) is 6.65. The van der Waals surface area contributed by atoms with Crippen LogP contribution in [0.1, 0.15) is 38.2 Å². The first-order chi connectivity index (χ1) is 17.0. The molecule has 0 saturated heterocycles. The number of aromatic nitrogens is 5. The van der Waals surface area contributed by atoms with E-state index in [0.717, 1.165) is 22.0 Å². The van der Waals surface area contributed by atoms with Crippen LogP contribution in [0, 0.1) is 0 Å². The van der Waals surface area contributed by atoms with Crippen LogP contribution in [0.25, 0.3) is 33.4 Å². The number of carbonyl (C=O) groups is 2. The van der Waals surface area contributed by atoms with Gasteiger partial charge in [0.25, 0.3) is 5.91 Å². The lowest BCUT2D eigenvalue weighted by Gasteiger charge is -2.22. The zero-order chi connectivity index (χ0) is 26.0. The molecular weight excluding hydrogens is 460 g/mol. The first kappa shape index (κ1) is 24.7. The number of aryl methyl sites for hydroxylation is 1. The summed E-state index contributed by atoms with van der Waals surface area (Å²) in [5.41, 5.74) is 8.89. The lowest BCUT2D eigenvalue weighted by molar-refractivity contribution is 0.0511. The first-order valence-corrected chi connectivity index (χ1v) is 11.5. The lowest BCUT2D eigenvalue weighted by Crippen LogP contribution is -2.40. The molecule has 2 amide bonds. The maximum absolute atomic E-state index is 12.1. The molecule has 4 rings (SSSR count). The van der Waals surface area contributed by atoms with E-state index in [-0.39, 0.29) is 11.7 Å². The maximum Gasteiger partial charge on any atom is 0.407 e. The van der Waals surface area contributed by atoms with Crippen molar-refractivity contribution < 1.29 is 14.3 Å². The van der Waals surface area contributed by atoms with Crippen molar-refractivity contribution in [2.75, 3.05) is 11.9 Å². The summed E-state index contributed by atoms with van der Waals surface area (Å²) in [6.45, 7) is 7.61. The molecule has 11 nitrogen and oxygen atoms in total. The molecule has 3 aromatic heterocycles. The van der Waals surface area contributed by atoms with Crippen molar-refractivity contribution in [1.82, 2.24) is 30.0 Å². The molecule has 5 N–H and O–H groups in total. The molecule has 0 unspecified atom stereocenters. The summed E-state index contributed by atoms with van der Waals surface area (Å²) < 4.78 is 7.03. The number of amides is 2. The molecule has 11 heteroatoms. The molecule has 0 aliphatic carbocycles. The van der Waals surface area contributed by atoms with Gasteiger partial charge < -0.3 is 26.1 Å². The first-order valence-electron chi connectivity index (χ1n) is 11.5. The van der Waals surface area contributed by atoms with Crippen LogP contribution in [0.5, 0.6) is 0 Å². The Morgan fingerprint density at radius 3 is 2.64 bits per heavy atom. The molecule has 0 fully saturated rings. The van der Waals surface area contributed by atoms with Gasteiger partial charge in [-0.25, -0.2) is 14.8 Å². The summed E-state index contributed by atoms with van der Waals surface area (Å²) in [6, 6.07) is 7.65. The number of nitrogens with zero attached hydrogens (tertiary/aromatic N) is 4. The van der Waals surface area contributed by atoms with E-state index in [1.807, 2.05) is 44.4 Å². The number of anilines is 1. The molecule has 0 spiro atoms. The van der Waals surface area contributed by atoms with Gasteiger partial charge in [-0.3, -0.25) is 9.48 Å². The van der Waals surface area contributed by atoms with Crippen LogP contribution >= 0.6 is 0 Å². The van der Waals surface area contributed by atoms with Gasteiger partial charge in [0, 0.05) is 42.3 Å². The van der Waals surface area contributed by atoms with Gasteiger partial charge in [0.15, 0.2) is 5.69 Å². The van der Waals surface area contributed by atoms with Gasteiger partial charge in [-0.05, 0) is 51.5 Å². The van der Waals surface area contributed by atoms with E-state index in [1.165, 1.54) is 6.20 Å². The normalized spacial score (nSPS) is 12.4. The number of alkyl carbamates (subject to hydrolysis) is 1. The van der Waals surface area contributed by atoms with E-state index in [4.69, 9.17) is 10.5 Å². The third-order valence-electron chi connectivity index (χ3n) is 5.27. The number of fused-ring (bicyclic) bond motifs is 1. The number of hydrogen-bond donors (Lipinski definition) is 4. The summed E-state index contributed by atoms with van der Waals surface area (Å²) in [7, 11) is 1.87. The van der Waals surface area contributed by atoms with Crippen LogP contribution in [-0.2, 0) is 11.8 Å². The summed E-state index contributed by atoms with van der Waals surface area (Å²) in [6.07, 6.45) is 4.68. The van der Waals surface area contributed by atoms with Crippen LogP contribution in [0.4, 0.5) is 10.6 Å². The van der Waals surface area contributed by atoms with Gasteiger partial charge in [-0.1, -0.05) is 6.07 Å². The van der Waals surface area contributed by atoms with E-state index in [0.29, 0.717) is 23.8 Å². The smallest absolute Gasteiger partial charge is 0.407 e. The number of aromatic amines is 1. The Hall–Kier alpha value is -4.41. The summed E-state index contributed by atoms with van der Waals surface area (Å²) in [5.74, 6) is -0.249. The van der Waals surface area contributed by atoms with Crippen molar-refractivity contribution in [2.45, 2.75) is 39.3 Å². The van der Waals surface area contributed by atoms with Crippen molar-refractivity contribution in [2.24, 2.45) is 12.8 Å². The van der Waals surface area contributed by atoms with E-state index >= 15 is 0 Å². The predicted octanol–water partition coefficient (Wildman–Crippen LogP) is 3.45. The molecule has 0 saturated carbocycles. The van der Waals surface area contributed by atoms with Crippen molar-refractivity contribution in [1.29, 1.82) is 0 Å². The second kappa shape index (κ2) is 9.68. The van der Waals surface area contributed by atoms with Crippen LogP contribution in [-0.4, -0.2) is 54.9 Å². The zero-order valence-corrected chi connectivity index (χ0v) is 20.9. The maximum atomic E-state index is 12.1. The highest BCUT2D eigenvalue weighted by Gasteiger charge is 2.19. The summed E-state index contributed by atoms with van der Waals surface area (Å²) >= 11 is 0. The highest BCUT2D eigenvalue weighted by atomic mass is 16.6. The van der Waals surface area contributed by atoms with Gasteiger partial charge >= 0.3 is 6.09 Å². The van der Waals surface area contributed by atoms with Crippen LogP contribution in [0.3, 0.4) is 0 Å². The minimum atomic E-state index is -0.682. The number of hydrogen-bond acceptors (Lipinski definition) is 7. The Balaban J connectivity index is 1.56. The molecule has 0 aliphatic heterocycles. The molecule has 4 aromatic rings. The number of ether oxygens (including phenoxy) is 1. The van der Waals surface area contributed by atoms with Crippen molar-refractivity contribution in [3.63, 3.8) is 0 Å². The van der Waals surface area contributed by atoms with Crippen LogP contribution in [0.2, 0.25) is 0 Å². The average molecular weight is 491 g/mol. The third-order valence-corrected chi connectivity index (χ3v) is 5.27. The Morgan fingerprint density at radius 1 is 1.19 bits per heavy atom. The second-order valence-corrected chi connectivity index (χ2v) is 9.63. The van der Waals surface area contributed by atoms with Crippen LogP contribution < -0.4 is 16.4 Å². The predicted molar refractivity (Wildman–Crippen MR) is 137 cm³/mol. The fourth-order valence-electron chi connectivity index (χ4n) is 3.67.